The Balaban J connectivity index is 2.51. The molecule has 0 spiro atoms. The number of benzene rings is 2. The van der Waals surface area contributed by atoms with Gasteiger partial charge in [-0.2, -0.15) is 0 Å². The van der Waals surface area contributed by atoms with E-state index in [1.54, 1.807) is 0 Å². The van der Waals surface area contributed by atoms with Crippen LogP contribution in [0.5, 0.6) is 0 Å². The third-order valence-corrected chi connectivity index (χ3v) is 3.66. The molecule has 1 aromatic heterocycles. The first-order chi connectivity index (χ1) is 8.20. The van der Waals surface area contributed by atoms with Crippen LogP contribution < -0.4 is 4.30 Å². The first kappa shape index (κ1) is 10.7. The van der Waals surface area contributed by atoms with Gasteiger partial charge in [0.25, 0.3) is 0 Å². The fourth-order valence-electron chi connectivity index (χ4n) is 2.42. The molecule has 2 radical (unpaired) electrons. The van der Waals surface area contributed by atoms with Gasteiger partial charge in [0.2, 0.25) is 0 Å². The van der Waals surface area contributed by atoms with E-state index in [0.29, 0.717) is 0 Å². The number of hydrogen-bond donors (Lipinski definition) is 1. The van der Waals surface area contributed by atoms with Crippen LogP contribution in [-0.4, -0.2) is 21.1 Å². The normalized spacial score (nSPS) is 11.2. The largest absolute Gasteiger partial charge is 0.491 e. The fourth-order valence-corrected chi connectivity index (χ4v) is 2.60. The van der Waals surface area contributed by atoms with Crippen molar-refractivity contribution in [3.05, 3.63) is 42.0 Å². The number of aryl methyl sites for hydroxylation is 2. The molecule has 0 saturated carbocycles. The zero-order chi connectivity index (χ0) is 12.0. The second kappa shape index (κ2) is 3.80. The molecule has 2 nitrogen and oxygen atoms in total. The van der Waals surface area contributed by atoms with E-state index in [2.05, 4.69) is 75.7 Å². The van der Waals surface area contributed by atoms with Crippen molar-refractivity contribution < 1.29 is 0 Å². The predicted octanol–water partition coefficient (Wildman–Crippen LogP) is 3.14. The van der Waals surface area contributed by atoms with Crippen molar-refractivity contribution in [3.8, 4) is 0 Å². The number of anilines is 1. The zero-order valence-electron chi connectivity index (χ0n) is 9.99. The van der Waals surface area contributed by atoms with Gasteiger partial charge in [-0.15, -0.1) is 0 Å². The summed E-state index contributed by atoms with van der Waals surface area (Å²) in [5.41, 5.74) is 4.98. The molecule has 0 aliphatic heterocycles. The number of hydrogen-bond acceptors (Lipinski definition) is 1. The predicted molar refractivity (Wildman–Crippen MR) is 74.5 cm³/mol. The monoisotopic (exact) mass is 236 g/mol. The van der Waals surface area contributed by atoms with Gasteiger partial charge in [-0.05, 0) is 37.3 Å². The Labute approximate surface area is 109 Å². The molecule has 0 aliphatic rings. The molecule has 0 atom stereocenters. The number of fused-ring (bicyclic) bond motifs is 3. The lowest BCUT2D eigenvalue weighted by Gasteiger charge is -2.01. The molecule has 2 aromatic carbocycles. The smallest absolute Gasteiger partial charge is 0.305 e. The van der Waals surface area contributed by atoms with Crippen molar-refractivity contribution in [1.82, 2.24) is 4.57 Å². The minimum absolute atomic E-state index is 1.12. The topological polar surface area (TPSA) is 17.0 Å². The van der Waals surface area contributed by atoms with Gasteiger partial charge >= 0.3 is 16.5 Å². The van der Waals surface area contributed by atoms with Crippen LogP contribution in [0, 0.1) is 6.92 Å². The highest BCUT2D eigenvalue weighted by Crippen LogP contribution is 2.30. The Kier molecular flexibility index (Phi) is 2.39. The summed E-state index contributed by atoms with van der Waals surface area (Å²) < 4.78 is 5.36. The van der Waals surface area contributed by atoms with Crippen LogP contribution in [0.1, 0.15) is 5.56 Å². The number of nitrogens with zero attached hydrogens (tertiary/aromatic N) is 1. The summed E-state index contributed by atoms with van der Waals surface area (Å²) in [6, 6.07) is 13.1. The van der Waals surface area contributed by atoms with Crippen LogP contribution >= 0.6 is 0 Å². The Morgan fingerprint density at radius 2 is 1.65 bits per heavy atom. The maximum atomic E-state index is 3.12. The molecule has 0 amide bonds. The Hall–Kier alpha value is -1.43. The van der Waals surface area contributed by atoms with Gasteiger partial charge < -0.3 is 8.87 Å². The fraction of sp³-hybridized carbons (Fsp3) is 0.143. The first-order valence-electron chi connectivity index (χ1n) is 5.66. The summed E-state index contributed by atoms with van der Waals surface area (Å²) >= 11 is 2.54. The summed E-state index contributed by atoms with van der Waals surface area (Å²) in [5, 5.41) is 2.63. The van der Waals surface area contributed by atoms with E-state index in [0.717, 1.165) is 5.69 Å². The highest BCUT2D eigenvalue weighted by atomic mass is 27.1. The van der Waals surface area contributed by atoms with Crippen molar-refractivity contribution in [2.24, 2.45) is 7.05 Å². The summed E-state index contributed by atoms with van der Waals surface area (Å²) in [4.78, 5) is 0. The molecule has 0 bridgehead atoms. The van der Waals surface area contributed by atoms with E-state index in [1.807, 2.05) is 0 Å². The third-order valence-electron chi connectivity index (χ3n) is 3.33. The van der Waals surface area contributed by atoms with Gasteiger partial charge in [-0.25, -0.2) is 0 Å². The molecule has 0 unspecified atom stereocenters. The van der Waals surface area contributed by atoms with Crippen LogP contribution in [0.4, 0.5) is 5.69 Å². The van der Waals surface area contributed by atoms with E-state index in [1.165, 1.54) is 27.4 Å². The van der Waals surface area contributed by atoms with Crippen molar-refractivity contribution in [3.63, 3.8) is 0 Å². The van der Waals surface area contributed by atoms with E-state index >= 15 is 0 Å². The Morgan fingerprint density at radius 1 is 1.00 bits per heavy atom. The van der Waals surface area contributed by atoms with Gasteiger partial charge in [-0.1, -0.05) is 11.6 Å². The van der Waals surface area contributed by atoms with Gasteiger partial charge in [0.15, 0.2) is 0 Å². The van der Waals surface area contributed by atoms with Crippen LogP contribution in [0.2, 0.25) is 0 Å². The summed E-state index contributed by atoms with van der Waals surface area (Å²) in [7, 11) is 2.12. The molecule has 82 valence electrons. The van der Waals surface area contributed by atoms with E-state index in [-0.39, 0.29) is 0 Å². The zero-order valence-corrected chi connectivity index (χ0v) is 11.1. The maximum absolute atomic E-state index is 3.12. The lowest BCUT2D eigenvalue weighted by molar-refractivity contribution is 1.01. The van der Waals surface area contributed by atoms with Crippen LogP contribution in [0.15, 0.2) is 36.4 Å². The van der Waals surface area contributed by atoms with Gasteiger partial charge in [0, 0.05) is 34.5 Å². The first-order valence-corrected chi connectivity index (χ1v) is 6.24. The van der Waals surface area contributed by atoms with Crippen molar-refractivity contribution >= 4 is 44.0 Å². The van der Waals surface area contributed by atoms with Gasteiger partial charge in [0.1, 0.15) is 0 Å². The van der Waals surface area contributed by atoms with E-state index in [4.69, 9.17) is 0 Å². The Bertz CT molecular complexity index is 713. The molecule has 3 heteroatoms. The third kappa shape index (κ3) is 1.55. The van der Waals surface area contributed by atoms with E-state index < -0.39 is 0 Å². The quantitative estimate of drug-likeness (QED) is 0.642. The summed E-state index contributed by atoms with van der Waals surface area (Å²) in [5.74, 6) is 0. The van der Waals surface area contributed by atoms with Crippen LogP contribution in [0.3, 0.4) is 0 Å². The highest BCUT2D eigenvalue weighted by molar-refractivity contribution is 6.17. The molecule has 17 heavy (non-hydrogen) atoms. The van der Waals surface area contributed by atoms with Crippen LogP contribution in [0.25, 0.3) is 21.8 Å². The molecular weight excluding hydrogens is 223 g/mol. The molecule has 3 aromatic rings. The van der Waals surface area contributed by atoms with Gasteiger partial charge in [-0.3, -0.25) is 0 Å². The molecule has 1 N–H and O–H groups in total. The van der Waals surface area contributed by atoms with Crippen molar-refractivity contribution in [2.75, 3.05) is 4.30 Å². The minimum Gasteiger partial charge on any atom is -0.491 e. The van der Waals surface area contributed by atoms with Crippen molar-refractivity contribution in [1.29, 1.82) is 0 Å². The second-order valence-electron chi connectivity index (χ2n) is 4.46. The number of rotatable bonds is 1. The SMILES string of the molecule is Cc1ccc2c(c1)c1cc([NH][Al])ccc1n2C. The summed E-state index contributed by atoms with van der Waals surface area (Å²) in [6.45, 7) is 2.13. The average molecular weight is 236 g/mol. The number of nitrogens with one attached hydrogen (secondary N) is 1. The lowest BCUT2D eigenvalue weighted by Crippen LogP contribution is -1.90. The van der Waals surface area contributed by atoms with Crippen LogP contribution in [-0.2, 0) is 7.05 Å². The average Bonchev–Trinajstić information content (AvgIpc) is 2.62. The standard InChI is InChI=1S/C14H13N2.Al/c1-9-3-5-13-11(7-9)12-8-10(15)4-6-14(12)16(13)2;/h3-8,15H,1-2H3;/q-1;+1. The van der Waals surface area contributed by atoms with Gasteiger partial charge in [0.05, 0.1) is 0 Å². The molecule has 0 fully saturated rings. The van der Waals surface area contributed by atoms with E-state index in [9.17, 15) is 0 Å². The molecule has 0 saturated heterocycles. The maximum Gasteiger partial charge on any atom is 0.305 e. The molecule has 0 aliphatic carbocycles. The second-order valence-corrected chi connectivity index (χ2v) is 4.74. The van der Waals surface area contributed by atoms with Crippen molar-refractivity contribution in [2.45, 2.75) is 6.92 Å². The highest BCUT2D eigenvalue weighted by Gasteiger charge is 2.08. The molecule has 1 heterocycles. The number of aromatic nitrogens is 1. The lowest BCUT2D eigenvalue weighted by atomic mass is 10.1. The molecule has 3 rings (SSSR count). The summed E-state index contributed by atoms with van der Waals surface area (Å²) in [6.07, 6.45) is 0. The minimum atomic E-state index is 1.12. The molecular formula is C14H13AlN2. The Morgan fingerprint density at radius 3 is 2.35 bits per heavy atom.